The van der Waals surface area contributed by atoms with Crippen LogP contribution in [0.1, 0.15) is 24.1 Å². The van der Waals surface area contributed by atoms with Gasteiger partial charge in [0.15, 0.2) is 0 Å². The highest BCUT2D eigenvalue weighted by molar-refractivity contribution is 5.85. The first-order valence-electron chi connectivity index (χ1n) is 10.4. The Hall–Kier alpha value is -2.04. The predicted molar refractivity (Wildman–Crippen MR) is 136 cm³/mol. The topological polar surface area (TPSA) is 15.7 Å². The van der Waals surface area contributed by atoms with E-state index in [0.29, 0.717) is 6.04 Å². The van der Waals surface area contributed by atoms with Crippen LogP contribution >= 0.6 is 24.8 Å². The third kappa shape index (κ3) is 5.61. The van der Waals surface area contributed by atoms with E-state index < -0.39 is 0 Å². The van der Waals surface area contributed by atoms with Crippen molar-refractivity contribution in [2.75, 3.05) is 33.3 Å². The van der Waals surface area contributed by atoms with Gasteiger partial charge in [-0.25, -0.2) is 0 Å². The Bertz CT molecular complexity index is 994. The fourth-order valence-corrected chi connectivity index (χ4v) is 4.54. The third-order valence-electron chi connectivity index (χ3n) is 5.98. The molecule has 0 radical (unpaired) electrons. The molecule has 0 N–H and O–H groups in total. The van der Waals surface area contributed by atoms with Gasteiger partial charge in [0.2, 0.25) is 0 Å². The zero-order valence-corrected chi connectivity index (χ0v) is 19.9. The lowest BCUT2D eigenvalue weighted by atomic mass is 9.93. The number of fused-ring (bicyclic) bond motifs is 1. The highest BCUT2D eigenvalue weighted by Crippen LogP contribution is 2.34. The van der Waals surface area contributed by atoms with Crippen LogP contribution in [0.2, 0.25) is 0 Å². The van der Waals surface area contributed by atoms with Gasteiger partial charge in [-0.15, -0.1) is 31.4 Å². The molecule has 2 unspecified atom stereocenters. The van der Waals surface area contributed by atoms with Crippen LogP contribution in [0.5, 0.6) is 5.75 Å². The Balaban J connectivity index is 0.00000171. The molecule has 2 atom stereocenters. The summed E-state index contributed by atoms with van der Waals surface area (Å²) in [6, 6.07) is 24.7. The Morgan fingerprint density at radius 2 is 1.71 bits per heavy atom. The zero-order valence-electron chi connectivity index (χ0n) is 18.2. The maximum Gasteiger partial charge on any atom is 0.119 e. The van der Waals surface area contributed by atoms with Crippen LogP contribution in [0.15, 0.2) is 79.4 Å². The molecule has 0 bridgehead atoms. The van der Waals surface area contributed by atoms with E-state index in [4.69, 9.17) is 4.74 Å². The highest BCUT2D eigenvalue weighted by Gasteiger charge is 2.31. The maximum atomic E-state index is 5.54. The Morgan fingerprint density at radius 3 is 2.42 bits per heavy atom. The lowest BCUT2D eigenvalue weighted by Crippen LogP contribution is -2.53. The normalized spacial score (nSPS) is 17.9. The maximum absolute atomic E-state index is 5.54. The highest BCUT2D eigenvalue weighted by atomic mass is 35.5. The van der Waals surface area contributed by atoms with E-state index in [1.54, 1.807) is 7.11 Å². The molecule has 1 aliphatic rings. The van der Waals surface area contributed by atoms with Crippen LogP contribution < -0.4 is 4.74 Å². The number of piperazine rings is 1. The van der Waals surface area contributed by atoms with E-state index in [2.05, 4.69) is 84.0 Å². The monoisotopic (exact) mass is 458 g/mol. The quantitative estimate of drug-likeness (QED) is 0.422. The van der Waals surface area contributed by atoms with Crippen molar-refractivity contribution in [1.29, 1.82) is 0 Å². The molecule has 0 spiro atoms. The molecule has 5 heteroatoms. The summed E-state index contributed by atoms with van der Waals surface area (Å²) in [5.74, 6) is 0.909. The molecular weight excluding hydrogens is 427 g/mol. The zero-order chi connectivity index (χ0) is 20.2. The van der Waals surface area contributed by atoms with Crippen molar-refractivity contribution in [2.24, 2.45) is 0 Å². The largest absolute Gasteiger partial charge is 0.497 e. The summed E-state index contributed by atoms with van der Waals surface area (Å²) in [5.41, 5.74) is 2.62. The second-order valence-electron chi connectivity index (χ2n) is 7.92. The summed E-state index contributed by atoms with van der Waals surface area (Å²) in [4.78, 5) is 5.12. The van der Waals surface area contributed by atoms with E-state index in [-0.39, 0.29) is 30.9 Å². The SMILES string of the molecule is C=CCN1CCN(C(c2cccc(OC)c2)c2ccc3ccccc3c2)C(C)C1.Cl.Cl. The van der Waals surface area contributed by atoms with Gasteiger partial charge >= 0.3 is 0 Å². The Morgan fingerprint density at radius 1 is 0.968 bits per heavy atom. The molecule has 1 heterocycles. The van der Waals surface area contributed by atoms with Crippen molar-refractivity contribution >= 4 is 35.6 Å². The second kappa shape index (κ2) is 11.5. The molecule has 0 amide bonds. The molecule has 1 aliphatic heterocycles. The van der Waals surface area contributed by atoms with Gasteiger partial charge in [-0.05, 0) is 47.0 Å². The predicted octanol–water partition coefficient (Wildman–Crippen LogP) is 5.97. The molecule has 3 nitrogen and oxygen atoms in total. The third-order valence-corrected chi connectivity index (χ3v) is 5.98. The molecule has 166 valence electrons. The number of nitrogens with zero attached hydrogens (tertiary/aromatic N) is 2. The number of rotatable bonds is 6. The van der Waals surface area contributed by atoms with Crippen LogP contribution in [0, 0.1) is 0 Å². The minimum Gasteiger partial charge on any atom is -0.497 e. The van der Waals surface area contributed by atoms with E-state index >= 15 is 0 Å². The molecule has 0 saturated carbocycles. The lowest BCUT2D eigenvalue weighted by molar-refractivity contribution is 0.0671. The number of hydrogen-bond donors (Lipinski definition) is 0. The van der Waals surface area contributed by atoms with Crippen molar-refractivity contribution < 1.29 is 4.74 Å². The van der Waals surface area contributed by atoms with Gasteiger partial charge in [-0.2, -0.15) is 0 Å². The van der Waals surface area contributed by atoms with E-state index in [0.717, 1.165) is 31.9 Å². The number of benzene rings is 3. The van der Waals surface area contributed by atoms with E-state index in [9.17, 15) is 0 Å². The number of ether oxygens (including phenoxy) is 1. The van der Waals surface area contributed by atoms with Crippen molar-refractivity contribution in [3.05, 3.63) is 90.5 Å². The van der Waals surface area contributed by atoms with Gasteiger partial charge in [0.25, 0.3) is 0 Å². The number of methoxy groups -OCH3 is 1. The van der Waals surface area contributed by atoms with Crippen molar-refractivity contribution in [3.63, 3.8) is 0 Å². The minimum absolute atomic E-state index is 0. The van der Waals surface area contributed by atoms with Crippen LogP contribution in [0.4, 0.5) is 0 Å². The van der Waals surface area contributed by atoms with Crippen LogP contribution in [0.25, 0.3) is 10.8 Å². The van der Waals surface area contributed by atoms with Gasteiger partial charge in [-0.1, -0.05) is 54.6 Å². The molecule has 0 aromatic heterocycles. The Labute approximate surface area is 198 Å². The summed E-state index contributed by atoms with van der Waals surface area (Å²) < 4.78 is 5.54. The van der Waals surface area contributed by atoms with Gasteiger partial charge in [0.05, 0.1) is 13.2 Å². The Kier molecular flexibility index (Phi) is 9.39. The first kappa shape index (κ1) is 25.2. The smallest absolute Gasteiger partial charge is 0.119 e. The first-order chi connectivity index (χ1) is 14.2. The molecule has 3 aromatic rings. The standard InChI is InChI=1S/C26H30N2O.2ClH/c1-4-14-27-15-16-28(20(2)19-27)26(23-10-7-11-25(18-23)29-3)24-13-12-21-8-5-6-9-22(21)17-24;;/h4-13,17-18,20,26H,1,14-16,19H2,2-3H3;2*1H. The molecular formula is C26H32Cl2N2O. The average molecular weight is 459 g/mol. The van der Waals surface area contributed by atoms with Crippen LogP contribution in [0.3, 0.4) is 0 Å². The van der Waals surface area contributed by atoms with Gasteiger partial charge in [-0.3, -0.25) is 9.80 Å². The molecule has 1 fully saturated rings. The summed E-state index contributed by atoms with van der Waals surface area (Å²) in [6.07, 6.45) is 2.01. The summed E-state index contributed by atoms with van der Waals surface area (Å²) in [5, 5.41) is 2.57. The summed E-state index contributed by atoms with van der Waals surface area (Å²) in [6.45, 7) is 10.3. The molecule has 4 rings (SSSR count). The summed E-state index contributed by atoms with van der Waals surface area (Å²) in [7, 11) is 1.74. The number of hydrogen-bond acceptors (Lipinski definition) is 3. The van der Waals surface area contributed by atoms with Gasteiger partial charge in [0, 0.05) is 32.2 Å². The van der Waals surface area contributed by atoms with E-state index in [1.807, 2.05) is 12.1 Å². The average Bonchev–Trinajstić information content (AvgIpc) is 2.76. The van der Waals surface area contributed by atoms with Crippen LogP contribution in [-0.2, 0) is 0 Å². The fraction of sp³-hybridized carbons (Fsp3) is 0.308. The van der Waals surface area contributed by atoms with Gasteiger partial charge < -0.3 is 4.74 Å². The molecule has 3 aromatic carbocycles. The number of halogens is 2. The fourth-order valence-electron chi connectivity index (χ4n) is 4.54. The van der Waals surface area contributed by atoms with Crippen molar-refractivity contribution in [1.82, 2.24) is 9.80 Å². The minimum atomic E-state index is 0. The lowest BCUT2D eigenvalue weighted by Gasteiger charge is -2.44. The van der Waals surface area contributed by atoms with E-state index in [1.165, 1.54) is 21.9 Å². The molecule has 31 heavy (non-hydrogen) atoms. The van der Waals surface area contributed by atoms with Crippen molar-refractivity contribution in [3.8, 4) is 5.75 Å². The van der Waals surface area contributed by atoms with Crippen molar-refractivity contribution in [2.45, 2.75) is 19.0 Å². The van der Waals surface area contributed by atoms with Crippen LogP contribution in [-0.4, -0.2) is 49.1 Å². The van der Waals surface area contributed by atoms with Gasteiger partial charge in [0.1, 0.15) is 5.75 Å². The first-order valence-corrected chi connectivity index (χ1v) is 10.4. The summed E-state index contributed by atoms with van der Waals surface area (Å²) >= 11 is 0. The molecule has 1 saturated heterocycles. The second-order valence-corrected chi connectivity index (χ2v) is 7.92. The molecule has 0 aliphatic carbocycles.